The molecule has 1 amide bonds. The van der Waals surface area contributed by atoms with Crippen molar-refractivity contribution in [3.63, 3.8) is 0 Å². The van der Waals surface area contributed by atoms with Crippen molar-refractivity contribution in [3.05, 3.63) is 98.9 Å². The molecule has 9 heteroatoms. The van der Waals surface area contributed by atoms with Crippen LogP contribution in [0.3, 0.4) is 0 Å². The number of rotatable bonds is 6. The van der Waals surface area contributed by atoms with Crippen LogP contribution in [0.2, 0.25) is 0 Å². The van der Waals surface area contributed by atoms with Gasteiger partial charge in [0.05, 0.1) is 16.6 Å². The number of amides is 1. The third kappa shape index (κ3) is 4.86. The Labute approximate surface area is 186 Å². The van der Waals surface area contributed by atoms with Crippen molar-refractivity contribution in [2.75, 3.05) is 11.9 Å². The van der Waals surface area contributed by atoms with E-state index in [4.69, 9.17) is 14.4 Å². The molecule has 9 nitrogen and oxygen atoms in total. The van der Waals surface area contributed by atoms with Crippen LogP contribution in [0.25, 0.3) is 22.1 Å². The van der Waals surface area contributed by atoms with Crippen LogP contribution in [0, 0.1) is 21.4 Å². The van der Waals surface area contributed by atoms with Gasteiger partial charge in [-0.3, -0.25) is 14.9 Å². The lowest BCUT2D eigenvalue weighted by Crippen LogP contribution is -2.20. The lowest BCUT2D eigenvalue weighted by atomic mass is 10.0. The fourth-order valence-electron chi connectivity index (χ4n) is 3.21. The highest BCUT2D eigenvalue weighted by atomic mass is 16.6. The van der Waals surface area contributed by atoms with Crippen LogP contribution in [0.1, 0.15) is 5.56 Å². The lowest BCUT2D eigenvalue weighted by molar-refractivity contribution is -0.384. The molecule has 0 saturated carbocycles. The van der Waals surface area contributed by atoms with Gasteiger partial charge in [0.25, 0.3) is 11.6 Å². The molecule has 0 spiro atoms. The summed E-state index contributed by atoms with van der Waals surface area (Å²) in [6.07, 6.45) is 0. The zero-order chi connectivity index (χ0) is 23.4. The van der Waals surface area contributed by atoms with Gasteiger partial charge in [0, 0.05) is 35.3 Å². The minimum Gasteiger partial charge on any atom is -0.484 e. The molecule has 162 valence electrons. The van der Waals surface area contributed by atoms with Crippen molar-refractivity contribution in [3.8, 4) is 22.9 Å². The number of carbonyl (C=O) groups is 1. The maximum atomic E-state index is 12.2. The Morgan fingerprint density at radius 3 is 2.45 bits per heavy atom. The summed E-state index contributed by atoms with van der Waals surface area (Å²) in [5.41, 5.74) is 1.79. The van der Waals surface area contributed by atoms with E-state index in [1.54, 1.807) is 48.5 Å². The van der Waals surface area contributed by atoms with Gasteiger partial charge in [0.1, 0.15) is 11.3 Å². The van der Waals surface area contributed by atoms with Gasteiger partial charge in [-0.05, 0) is 59.7 Å². The van der Waals surface area contributed by atoms with E-state index in [0.717, 1.165) is 0 Å². The molecule has 1 heterocycles. The largest absolute Gasteiger partial charge is 0.484 e. The maximum Gasteiger partial charge on any atom is 0.336 e. The standard InChI is InChI=1S/C24H15N3O6/c25-13-15-1-5-17(6-2-15)26-23(28)14-32-19-9-10-20-21(12-24(29)33-22(20)11-19)16-3-7-18(8-4-16)27(30)31/h1-12H,14H2,(H,26,28). The van der Waals surface area contributed by atoms with Gasteiger partial charge in [0.15, 0.2) is 6.61 Å². The summed E-state index contributed by atoms with van der Waals surface area (Å²) in [6, 6.07) is 20.4. The first-order chi connectivity index (χ1) is 15.9. The molecule has 1 aromatic heterocycles. The summed E-state index contributed by atoms with van der Waals surface area (Å²) in [6.45, 7) is -0.280. The Hall–Kier alpha value is -4.97. The highest BCUT2D eigenvalue weighted by molar-refractivity contribution is 5.94. The minimum absolute atomic E-state index is 0.0546. The summed E-state index contributed by atoms with van der Waals surface area (Å²) in [7, 11) is 0. The van der Waals surface area contributed by atoms with Gasteiger partial charge < -0.3 is 14.5 Å². The number of nitrogens with zero attached hydrogens (tertiary/aromatic N) is 2. The Morgan fingerprint density at radius 2 is 1.79 bits per heavy atom. The molecule has 0 radical (unpaired) electrons. The molecule has 0 aliphatic carbocycles. The van der Waals surface area contributed by atoms with Crippen molar-refractivity contribution in [2.24, 2.45) is 0 Å². The number of hydrogen-bond donors (Lipinski definition) is 1. The monoisotopic (exact) mass is 441 g/mol. The smallest absolute Gasteiger partial charge is 0.336 e. The van der Waals surface area contributed by atoms with Crippen LogP contribution >= 0.6 is 0 Å². The number of nitro groups is 1. The van der Waals surface area contributed by atoms with Crippen LogP contribution < -0.4 is 15.7 Å². The number of carbonyl (C=O) groups excluding carboxylic acids is 1. The van der Waals surface area contributed by atoms with Crippen LogP contribution in [-0.2, 0) is 4.79 Å². The van der Waals surface area contributed by atoms with Crippen molar-refractivity contribution in [1.29, 1.82) is 5.26 Å². The minimum atomic E-state index is -0.591. The predicted octanol–water partition coefficient (Wildman–Crippen LogP) is 4.26. The van der Waals surface area contributed by atoms with Gasteiger partial charge in [-0.2, -0.15) is 5.26 Å². The molecule has 0 atom stereocenters. The Bertz CT molecular complexity index is 1450. The summed E-state index contributed by atoms with van der Waals surface area (Å²) >= 11 is 0. The summed E-state index contributed by atoms with van der Waals surface area (Å²) in [4.78, 5) is 34.6. The second-order valence-electron chi connectivity index (χ2n) is 6.97. The molecule has 4 rings (SSSR count). The quantitative estimate of drug-likeness (QED) is 0.268. The highest BCUT2D eigenvalue weighted by Gasteiger charge is 2.12. The molecule has 0 saturated heterocycles. The van der Waals surface area contributed by atoms with E-state index in [1.807, 2.05) is 6.07 Å². The van der Waals surface area contributed by atoms with Crippen LogP contribution in [0.15, 0.2) is 82.0 Å². The molecule has 0 aliphatic rings. The average molecular weight is 441 g/mol. The third-order valence-electron chi connectivity index (χ3n) is 4.77. The van der Waals surface area contributed by atoms with Gasteiger partial charge in [-0.1, -0.05) is 0 Å². The number of benzene rings is 3. The normalized spacial score (nSPS) is 10.4. The molecule has 1 N–H and O–H groups in total. The van der Waals surface area contributed by atoms with E-state index in [0.29, 0.717) is 33.5 Å². The van der Waals surface area contributed by atoms with Crippen molar-refractivity contribution in [1.82, 2.24) is 0 Å². The molecular formula is C24H15N3O6. The SMILES string of the molecule is N#Cc1ccc(NC(=O)COc2ccc3c(-c4ccc([N+](=O)[O-])cc4)cc(=O)oc3c2)cc1. The molecule has 0 fully saturated rings. The Morgan fingerprint density at radius 1 is 1.06 bits per heavy atom. The van der Waals surface area contributed by atoms with Crippen LogP contribution in [0.4, 0.5) is 11.4 Å². The second kappa shape index (κ2) is 9.03. The number of nitriles is 1. The summed E-state index contributed by atoms with van der Waals surface area (Å²) in [5.74, 6) is -0.0811. The molecular weight excluding hydrogens is 426 g/mol. The number of anilines is 1. The first-order valence-corrected chi connectivity index (χ1v) is 9.68. The van der Waals surface area contributed by atoms with Gasteiger partial charge in [0.2, 0.25) is 0 Å². The van der Waals surface area contributed by atoms with E-state index < -0.39 is 16.5 Å². The number of nitro benzene ring substituents is 1. The predicted molar refractivity (Wildman–Crippen MR) is 120 cm³/mol. The topological polar surface area (TPSA) is 135 Å². The van der Waals surface area contributed by atoms with E-state index in [-0.39, 0.29) is 17.9 Å². The zero-order valence-electron chi connectivity index (χ0n) is 17.0. The average Bonchev–Trinajstić information content (AvgIpc) is 2.82. The fourth-order valence-corrected chi connectivity index (χ4v) is 3.21. The number of non-ortho nitro benzene ring substituents is 1. The third-order valence-corrected chi connectivity index (χ3v) is 4.77. The zero-order valence-corrected chi connectivity index (χ0v) is 17.0. The first-order valence-electron chi connectivity index (χ1n) is 9.68. The van der Waals surface area contributed by atoms with Crippen molar-refractivity contribution < 1.29 is 18.9 Å². The van der Waals surface area contributed by atoms with Gasteiger partial charge >= 0.3 is 5.63 Å². The molecule has 0 bridgehead atoms. The number of ether oxygens (including phenoxy) is 1. The van der Waals surface area contributed by atoms with E-state index in [9.17, 15) is 19.7 Å². The summed E-state index contributed by atoms with van der Waals surface area (Å²) < 4.78 is 10.8. The second-order valence-corrected chi connectivity index (χ2v) is 6.97. The molecule has 3 aromatic carbocycles. The van der Waals surface area contributed by atoms with Crippen molar-refractivity contribution >= 4 is 28.3 Å². The molecule has 4 aromatic rings. The summed E-state index contributed by atoms with van der Waals surface area (Å²) in [5, 5.41) is 23.0. The first kappa shape index (κ1) is 21.3. The lowest BCUT2D eigenvalue weighted by Gasteiger charge is -2.10. The van der Waals surface area contributed by atoms with Gasteiger partial charge in [-0.15, -0.1) is 0 Å². The number of fused-ring (bicyclic) bond motifs is 1. The highest BCUT2D eigenvalue weighted by Crippen LogP contribution is 2.30. The van der Waals surface area contributed by atoms with E-state index in [1.165, 1.54) is 24.3 Å². The molecule has 0 aliphatic heterocycles. The molecule has 0 unspecified atom stereocenters. The van der Waals surface area contributed by atoms with E-state index >= 15 is 0 Å². The van der Waals surface area contributed by atoms with Gasteiger partial charge in [-0.25, -0.2) is 4.79 Å². The van der Waals surface area contributed by atoms with E-state index in [2.05, 4.69) is 5.32 Å². The Kier molecular flexibility index (Phi) is 5.82. The molecule has 33 heavy (non-hydrogen) atoms. The maximum absolute atomic E-state index is 12.2. The van der Waals surface area contributed by atoms with Crippen LogP contribution in [-0.4, -0.2) is 17.4 Å². The number of hydrogen-bond acceptors (Lipinski definition) is 7. The number of nitrogens with one attached hydrogen (secondary N) is 1. The Balaban J connectivity index is 1.52. The fraction of sp³-hybridized carbons (Fsp3) is 0.0417. The van der Waals surface area contributed by atoms with Crippen LogP contribution in [0.5, 0.6) is 5.75 Å². The van der Waals surface area contributed by atoms with Crippen molar-refractivity contribution in [2.45, 2.75) is 0 Å².